The van der Waals surface area contributed by atoms with Crippen LogP contribution in [0.5, 0.6) is 0 Å². The molecule has 18 heavy (non-hydrogen) atoms. The van der Waals surface area contributed by atoms with E-state index in [1.54, 1.807) is 7.11 Å². The molecule has 0 aromatic heterocycles. The van der Waals surface area contributed by atoms with Crippen molar-refractivity contribution in [3.05, 3.63) is 0 Å². The third-order valence-electron chi connectivity index (χ3n) is 3.55. The lowest BCUT2D eigenvalue weighted by molar-refractivity contribution is -0.125. The van der Waals surface area contributed by atoms with Gasteiger partial charge < -0.3 is 15.1 Å². The third kappa shape index (κ3) is 5.18. The summed E-state index contributed by atoms with van der Waals surface area (Å²) in [6.07, 6.45) is 0.791. The van der Waals surface area contributed by atoms with Crippen LogP contribution in [0.15, 0.2) is 0 Å². The lowest BCUT2D eigenvalue weighted by atomic mass is 10.1. The summed E-state index contributed by atoms with van der Waals surface area (Å²) in [7, 11) is -0.335. The molecule has 6 heteroatoms. The molecule has 5 nitrogen and oxygen atoms in total. The zero-order valence-corrected chi connectivity index (χ0v) is 13.3. The van der Waals surface area contributed by atoms with E-state index in [0.29, 0.717) is 0 Å². The van der Waals surface area contributed by atoms with Gasteiger partial charge in [0.2, 0.25) is 11.8 Å². The Labute approximate surface area is 111 Å². The highest BCUT2D eigenvalue weighted by molar-refractivity contribution is 6.75. The van der Waals surface area contributed by atoms with Gasteiger partial charge in [-0.1, -0.05) is 20.8 Å². The SMILES string of the molecule is CCC(C)C(=O)NCNC(=O)C(C)[Si](C)(C)OC. The van der Waals surface area contributed by atoms with E-state index in [1.165, 1.54) is 0 Å². The van der Waals surface area contributed by atoms with E-state index in [9.17, 15) is 9.59 Å². The molecule has 0 aromatic rings. The molecule has 0 aliphatic rings. The van der Waals surface area contributed by atoms with Gasteiger partial charge in [-0.2, -0.15) is 0 Å². The number of hydrogen-bond acceptors (Lipinski definition) is 3. The first-order valence-electron chi connectivity index (χ1n) is 6.36. The van der Waals surface area contributed by atoms with Gasteiger partial charge in [0.1, 0.15) is 0 Å². The fraction of sp³-hybridized carbons (Fsp3) is 0.833. The second-order valence-electron chi connectivity index (χ2n) is 5.10. The minimum absolute atomic E-state index is 0.0240. The van der Waals surface area contributed by atoms with Crippen LogP contribution in [-0.4, -0.2) is 33.9 Å². The second-order valence-corrected chi connectivity index (χ2v) is 9.58. The van der Waals surface area contributed by atoms with Gasteiger partial charge in [0, 0.05) is 13.0 Å². The van der Waals surface area contributed by atoms with Crippen LogP contribution in [0.4, 0.5) is 0 Å². The van der Waals surface area contributed by atoms with Crippen molar-refractivity contribution in [3.8, 4) is 0 Å². The van der Waals surface area contributed by atoms with E-state index in [1.807, 2.05) is 33.9 Å². The van der Waals surface area contributed by atoms with Gasteiger partial charge in [-0.25, -0.2) is 0 Å². The summed E-state index contributed by atoms with van der Waals surface area (Å²) in [5.41, 5.74) is -0.150. The molecule has 0 heterocycles. The quantitative estimate of drug-likeness (QED) is 0.545. The average Bonchev–Trinajstić information content (AvgIpc) is 2.36. The molecule has 0 fully saturated rings. The molecule has 106 valence electrons. The summed E-state index contributed by atoms with van der Waals surface area (Å²) >= 11 is 0. The monoisotopic (exact) mass is 274 g/mol. The molecule has 0 aliphatic carbocycles. The van der Waals surface area contributed by atoms with Crippen LogP contribution in [0.2, 0.25) is 18.6 Å². The fourth-order valence-electron chi connectivity index (χ4n) is 1.22. The smallest absolute Gasteiger partial charge is 0.224 e. The summed E-state index contributed by atoms with van der Waals surface area (Å²) in [6.45, 7) is 9.85. The highest BCUT2D eigenvalue weighted by Crippen LogP contribution is 2.21. The van der Waals surface area contributed by atoms with E-state index >= 15 is 0 Å². The summed E-state index contributed by atoms with van der Waals surface area (Å²) in [5, 5.41) is 5.41. The first-order valence-corrected chi connectivity index (χ1v) is 9.35. The Morgan fingerprint density at radius 3 is 2.11 bits per heavy atom. The Bertz CT molecular complexity index is 295. The van der Waals surface area contributed by atoms with Gasteiger partial charge in [-0.05, 0) is 19.5 Å². The van der Waals surface area contributed by atoms with Crippen LogP contribution in [0.3, 0.4) is 0 Å². The Morgan fingerprint density at radius 2 is 1.67 bits per heavy atom. The molecular weight excluding hydrogens is 248 g/mol. The molecule has 0 bridgehead atoms. The van der Waals surface area contributed by atoms with Crippen molar-refractivity contribution in [1.82, 2.24) is 10.6 Å². The van der Waals surface area contributed by atoms with E-state index in [-0.39, 0.29) is 29.9 Å². The zero-order valence-electron chi connectivity index (χ0n) is 12.3. The molecule has 2 N–H and O–H groups in total. The van der Waals surface area contributed by atoms with E-state index < -0.39 is 8.32 Å². The van der Waals surface area contributed by atoms with Crippen molar-refractivity contribution in [2.75, 3.05) is 13.8 Å². The van der Waals surface area contributed by atoms with Crippen molar-refractivity contribution < 1.29 is 14.0 Å². The lowest BCUT2D eigenvalue weighted by Gasteiger charge is -2.26. The van der Waals surface area contributed by atoms with Gasteiger partial charge in [-0.15, -0.1) is 0 Å². The van der Waals surface area contributed by atoms with Gasteiger partial charge >= 0.3 is 0 Å². The van der Waals surface area contributed by atoms with E-state index in [4.69, 9.17) is 4.43 Å². The topological polar surface area (TPSA) is 67.4 Å². The maximum atomic E-state index is 11.9. The van der Waals surface area contributed by atoms with E-state index in [0.717, 1.165) is 6.42 Å². The molecule has 0 saturated heterocycles. The molecule has 0 spiro atoms. The van der Waals surface area contributed by atoms with Gasteiger partial charge in [0.05, 0.1) is 12.2 Å². The number of nitrogens with one attached hydrogen (secondary N) is 2. The summed E-state index contributed by atoms with van der Waals surface area (Å²) in [4.78, 5) is 23.4. The third-order valence-corrected chi connectivity index (χ3v) is 6.95. The Balaban J connectivity index is 4.09. The second kappa shape index (κ2) is 7.53. The molecular formula is C12H26N2O3Si. The summed E-state index contributed by atoms with van der Waals surface area (Å²) in [5.74, 6) is -0.129. The Hall–Kier alpha value is -0.883. The van der Waals surface area contributed by atoms with Crippen LogP contribution >= 0.6 is 0 Å². The Morgan fingerprint density at radius 1 is 1.17 bits per heavy atom. The first kappa shape index (κ1) is 17.1. The van der Waals surface area contributed by atoms with Crippen molar-refractivity contribution in [3.63, 3.8) is 0 Å². The number of hydrogen-bond donors (Lipinski definition) is 2. The minimum atomic E-state index is -1.97. The maximum Gasteiger partial charge on any atom is 0.224 e. The normalized spacial score (nSPS) is 14.8. The first-order chi connectivity index (χ1) is 8.26. The molecule has 0 rings (SSSR count). The minimum Gasteiger partial charge on any atom is -0.420 e. The van der Waals surface area contributed by atoms with Crippen LogP contribution in [0.1, 0.15) is 27.2 Å². The highest BCUT2D eigenvalue weighted by Gasteiger charge is 2.34. The van der Waals surface area contributed by atoms with Crippen molar-refractivity contribution >= 4 is 20.1 Å². The van der Waals surface area contributed by atoms with Gasteiger partial charge in [-0.3, -0.25) is 9.59 Å². The number of carbonyl (C=O) groups is 2. The largest absolute Gasteiger partial charge is 0.420 e. The predicted molar refractivity (Wildman–Crippen MR) is 74.5 cm³/mol. The number of carbonyl (C=O) groups excluding carboxylic acids is 2. The molecule has 0 aliphatic heterocycles. The van der Waals surface area contributed by atoms with Gasteiger partial charge in [0.25, 0.3) is 0 Å². The zero-order chi connectivity index (χ0) is 14.3. The van der Waals surface area contributed by atoms with Crippen LogP contribution < -0.4 is 10.6 Å². The van der Waals surface area contributed by atoms with Crippen molar-refractivity contribution in [2.45, 2.75) is 45.8 Å². The van der Waals surface area contributed by atoms with E-state index in [2.05, 4.69) is 10.6 Å². The number of rotatable bonds is 7. The van der Waals surface area contributed by atoms with Crippen LogP contribution in [-0.2, 0) is 14.0 Å². The summed E-state index contributed by atoms with van der Waals surface area (Å²) < 4.78 is 5.39. The van der Waals surface area contributed by atoms with Gasteiger partial charge in [0.15, 0.2) is 8.32 Å². The van der Waals surface area contributed by atoms with Crippen molar-refractivity contribution in [1.29, 1.82) is 0 Å². The molecule has 2 unspecified atom stereocenters. The molecule has 0 saturated carbocycles. The molecule has 2 amide bonds. The summed E-state index contributed by atoms with van der Waals surface area (Å²) in [6, 6.07) is 0. The van der Waals surface area contributed by atoms with Crippen molar-refractivity contribution in [2.24, 2.45) is 5.92 Å². The molecule has 2 atom stereocenters. The lowest BCUT2D eigenvalue weighted by Crippen LogP contribution is -2.46. The predicted octanol–water partition coefficient (Wildman–Crippen LogP) is 1.46. The molecule has 0 aromatic carbocycles. The average molecular weight is 274 g/mol. The van der Waals surface area contributed by atoms with Crippen LogP contribution in [0, 0.1) is 5.92 Å². The van der Waals surface area contributed by atoms with Crippen LogP contribution in [0.25, 0.3) is 0 Å². The Kier molecular flexibility index (Phi) is 7.16. The molecule has 0 radical (unpaired) electrons. The fourth-order valence-corrected chi connectivity index (χ4v) is 2.31. The highest BCUT2D eigenvalue weighted by atomic mass is 28.4. The number of amides is 2. The maximum absolute atomic E-state index is 11.9. The standard InChI is InChI=1S/C12H26N2O3Si/c1-7-9(2)11(15)13-8-14-12(16)10(3)18(5,6)17-4/h9-10H,7-8H2,1-6H3,(H,13,15)(H,14,16).